The van der Waals surface area contributed by atoms with Crippen molar-refractivity contribution in [1.82, 2.24) is 5.32 Å². The van der Waals surface area contributed by atoms with Crippen molar-refractivity contribution in [3.8, 4) is 0 Å². The molecule has 2 unspecified atom stereocenters. The van der Waals surface area contributed by atoms with Crippen molar-refractivity contribution in [1.29, 1.82) is 0 Å². The number of hydrogen-bond donors (Lipinski definition) is 3. The van der Waals surface area contributed by atoms with E-state index in [1.165, 1.54) is 135 Å². The van der Waals surface area contributed by atoms with E-state index in [1.54, 1.807) is 0 Å². The Hall–Kier alpha value is -1.63. The van der Waals surface area contributed by atoms with Crippen LogP contribution in [-0.2, 0) is 19.1 Å². The predicted molar refractivity (Wildman–Crippen MR) is 211 cm³/mol. The third kappa shape index (κ3) is 34.8. The predicted octanol–water partition coefficient (Wildman–Crippen LogP) is 12.1. The molecule has 0 aromatic heterocycles. The first-order valence-corrected chi connectivity index (χ1v) is 21.9. The summed E-state index contributed by atoms with van der Waals surface area (Å²) in [6.07, 6.45) is 40.1. The highest BCUT2D eigenvalue weighted by Gasteiger charge is 2.19. The van der Waals surface area contributed by atoms with E-state index in [4.69, 9.17) is 10.5 Å². The summed E-state index contributed by atoms with van der Waals surface area (Å²) in [5.74, 6) is -1.22. The number of esters is 1. The SMILES string of the molecule is CCCCCCCCCCCCCCCCCCCC(=O)OC(CCCCCCCCC)CCCCCCCC(=O)NC(CCCN)C(=O)O. The summed E-state index contributed by atoms with van der Waals surface area (Å²) < 4.78 is 6.02. The van der Waals surface area contributed by atoms with E-state index in [9.17, 15) is 19.5 Å². The number of carbonyl (C=O) groups is 3. The number of carbonyl (C=O) groups excluding carboxylic acids is 2. The molecule has 0 aromatic rings. The van der Waals surface area contributed by atoms with Gasteiger partial charge in [0.15, 0.2) is 0 Å². The van der Waals surface area contributed by atoms with Crippen LogP contribution < -0.4 is 11.1 Å². The van der Waals surface area contributed by atoms with Gasteiger partial charge in [-0.05, 0) is 57.9 Å². The van der Waals surface area contributed by atoms with Crippen molar-refractivity contribution < 1.29 is 24.2 Å². The van der Waals surface area contributed by atoms with E-state index in [0.717, 1.165) is 64.2 Å². The van der Waals surface area contributed by atoms with E-state index in [-0.39, 0.29) is 18.0 Å². The molecule has 50 heavy (non-hydrogen) atoms. The third-order valence-corrected chi connectivity index (χ3v) is 10.2. The minimum atomic E-state index is -1.00. The zero-order chi connectivity index (χ0) is 36.8. The second-order valence-electron chi connectivity index (χ2n) is 15.1. The van der Waals surface area contributed by atoms with Crippen LogP contribution in [-0.4, -0.2) is 41.6 Å². The van der Waals surface area contributed by atoms with Crippen LogP contribution in [0.2, 0.25) is 0 Å². The lowest BCUT2D eigenvalue weighted by molar-refractivity contribution is -0.150. The van der Waals surface area contributed by atoms with Crippen molar-refractivity contribution >= 4 is 17.8 Å². The molecule has 0 saturated carbocycles. The number of nitrogens with one attached hydrogen (secondary N) is 1. The Balaban J connectivity index is 4.09. The Morgan fingerprint density at radius 3 is 1.24 bits per heavy atom. The third-order valence-electron chi connectivity index (χ3n) is 10.2. The summed E-state index contributed by atoms with van der Waals surface area (Å²) in [4.78, 5) is 36.2. The molecule has 1 amide bonds. The van der Waals surface area contributed by atoms with Gasteiger partial charge in [0, 0.05) is 12.8 Å². The van der Waals surface area contributed by atoms with E-state index in [1.807, 2.05) is 0 Å². The van der Waals surface area contributed by atoms with E-state index in [2.05, 4.69) is 19.2 Å². The minimum absolute atomic E-state index is 0.0176. The number of aliphatic carboxylic acids is 1. The van der Waals surface area contributed by atoms with E-state index < -0.39 is 12.0 Å². The zero-order valence-corrected chi connectivity index (χ0v) is 33.3. The molecule has 7 heteroatoms. The van der Waals surface area contributed by atoms with Gasteiger partial charge >= 0.3 is 11.9 Å². The first kappa shape index (κ1) is 48.4. The molecule has 7 nitrogen and oxygen atoms in total. The van der Waals surface area contributed by atoms with Crippen molar-refractivity contribution in [3.63, 3.8) is 0 Å². The average molecular weight is 709 g/mol. The van der Waals surface area contributed by atoms with Crippen molar-refractivity contribution in [3.05, 3.63) is 0 Å². The van der Waals surface area contributed by atoms with E-state index in [0.29, 0.717) is 32.2 Å². The quantitative estimate of drug-likeness (QED) is 0.0430. The van der Waals surface area contributed by atoms with Gasteiger partial charge in [0.25, 0.3) is 0 Å². The highest BCUT2D eigenvalue weighted by atomic mass is 16.5. The average Bonchev–Trinajstić information content (AvgIpc) is 3.10. The monoisotopic (exact) mass is 709 g/mol. The Bertz CT molecular complexity index is 762. The maximum Gasteiger partial charge on any atom is 0.326 e. The molecule has 4 N–H and O–H groups in total. The number of unbranched alkanes of at least 4 members (excludes halogenated alkanes) is 26. The lowest BCUT2D eigenvalue weighted by Gasteiger charge is -2.18. The topological polar surface area (TPSA) is 119 Å². The summed E-state index contributed by atoms with van der Waals surface area (Å²) in [5, 5.41) is 11.9. The number of nitrogens with two attached hydrogens (primary N) is 1. The van der Waals surface area contributed by atoms with Gasteiger partial charge in [-0.3, -0.25) is 9.59 Å². The highest BCUT2D eigenvalue weighted by molar-refractivity contribution is 5.83. The second-order valence-corrected chi connectivity index (χ2v) is 15.1. The standard InChI is InChI=1S/C43H84N2O5/c1-3-5-7-9-11-12-13-14-15-16-17-18-19-20-22-27-31-37-42(47)50-39(33-28-24-21-10-8-6-4-2)34-29-25-23-26-30-36-41(46)45-40(43(48)49)35-32-38-44/h39-40H,3-38,44H2,1-2H3,(H,45,46)(H,48,49). The van der Waals surface area contributed by atoms with Gasteiger partial charge in [-0.1, -0.05) is 174 Å². The molecule has 0 saturated heterocycles. The Labute approximate surface area is 309 Å². The molecular weight excluding hydrogens is 624 g/mol. The molecule has 2 atom stereocenters. The molecule has 0 rings (SSSR count). The summed E-state index contributed by atoms with van der Waals surface area (Å²) >= 11 is 0. The Morgan fingerprint density at radius 2 is 0.860 bits per heavy atom. The van der Waals surface area contributed by atoms with E-state index >= 15 is 0 Å². The number of hydrogen-bond acceptors (Lipinski definition) is 5. The molecule has 0 bridgehead atoms. The molecule has 0 radical (unpaired) electrons. The number of amides is 1. The molecule has 0 aliphatic rings. The van der Waals surface area contributed by atoms with Crippen LogP contribution in [0.4, 0.5) is 0 Å². The van der Waals surface area contributed by atoms with Gasteiger partial charge in [-0.25, -0.2) is 4.79 Å². The van der Waals surface area contributed by atoms with Crippen LogP contribution in [0.3, 0.4) is 0 Å². The lowest BCUT2D eigenvalue weighted by Crippen LogP contribution is -2.40. The molecule has 0 aromatic carbocycles. The smallest absolute Gasteiger partial charge is 0.326 e. The molecule has 0 spiro atoms. The van der Waals surface area contributed by atoms with Gasteiger partial charge < -0.3 is 20.9 Å². The van der Waals surface area contributed by atoms with Crippen LogP contribution in [0.1, 0.15) is 239 Å². The van der Waals surface area contributed by atoms with Crippen molar-refractivity contribution in [2.75, 3.05) is 6.54 Å². The summed E-state index contributed by atoms with van der Waals surface area (Å²) in [6.45, 7) is 4.95. The molecule has 0 aliphatic carbocycles. The van der Waals surface area contributed by atoms with Gasteiger partial charge in [0.2, 0.25) is 5.91 Å². The zero-order valence-electron chi connectivity index (χ0n) is 33.3. The van der Waals surface area contributed by atoms with Gasteiger partial charge in [-0.2, -0.15) is 0 Å². The molecule has 0 fully saturated rings. The highest BCUT2D eigenvalue weighted by Crippen LogP contribution is 2.19. The van der Waals surface area contributed by atoms with Crippen LogP contribution in [0.15, 0.2) is 0 Å². The summed E-state index contributed by atoms with van der Waals surface area (Å²) in [7, 11) is 0. The maximum absolute atomic E-state index is 12.7. The number of ether oxygens (including phenoxy) is 1. The fourth-order valence-corrected chi connectivity index (χ4v) is 6.86. The Kier molecular flexibility index (Phi) is 37.3. The maximum atomic E-state index is 12.7. The number of carboxylic acids is 1. The summed E-state index contributed by atoms with van der Waals surface area (Å²) in [6, 6.07) is -0.851. The summed E-state index contributed by atoms with van der Waals surface area (Å²) in [5.41, 5.74) is 5.48. The van der Waals surface area contributed by atoms with Gasteiger partial charge in [-0.15, -0.1) is 0 Å². The fourth-order valence-electron chi connectivity index (χ4n) is 6.86. The van der Waals surface area contributed by atoms with Gasteiger partial charge in [0.1, 0.15) is 12.1 Å². The minimum Gasteiger partial charge on any atom is -0.480 e. The lowest BCUT2D eigenvalue weighted by atomic mass is 10.0. The number of rotatable bonds is 40. The molecule has 0 heterocycles. The fraction of sp³-hybridized carbons (Fsp3) is 0.930. The van der Waals surface area contributed by atoms with Gasteiger partial charge in [0.05, 0.1) is 0 Å². The molecule has 296 valence electrons. The van der Waals surface area contributed by atoms with Crippen molar-refractivity contribution in [2.24, 2.45) is 5.73 Å². The normalized spacial score (nSPS) is 12.5. The van der Waals surface area contributed by atoms with Crippen molar-refractivity contribution in [2.45, 2.75) is 251 Å². The number of carboxylic acid groups (broad SMARTS) is 1. The van der Waals surface area contributed by atoms with Crippen LogP contribution in [0.5, 0.6) is 0 Å². The van der Waals surface area contributed by atoms with Crippen LogP contribution in [0.25, 0.3) is 0 Å². The van der Waals surface area contributed by atoms with Crippen LogP contribution >= 0.6 is 0 Å². The second kappa shape index (κ2) is 38.6. The molecule has 0 aliphatic heterocycles. The molecular formula is C43H84N2O5. The first-order chi connectivity index (χ1) is 24.4. The first-order valence-electron chi connectivity index (χ1n) is 21.9. The van der Waals surface area contributed by atoms with Crippen LogP contribution in [0, 0.1) is 0 Å². The Morgan fingerprint density at radius 1 is 0.500 bits per heavy atom. The largest absolute Gasteiger partial charge is 0.480 e.